The first-order valence-electron chi connectivity index (χ1n) is 9.16. The normalized spacial score (nSPS) is 17.1. The maximum Gasteiger partial charge on any atom is 0.251 e. The lowest BCUT2D eigenvalue weighted by atomic mass is 9.92. The second-order valence-electron chi connectivity index (χ2n) is 6.54. The van der Waals surface area contributed by atoms with Crippen LogP contribution in [0.2, 0.25) is 0 Å². The summed E-state index contributed by atoms with van der Waals surface area (Å²) in [5.74, 6) is 0.585. The Morgan fingerprint density at radius 3 is 2.80 bits per heavy atom. The van der Waals surface area contributed by atoms with Crippen LogP contribution in [0, 0.1) is 5.92 Å². The van der Waals surface area contributed by atoms with Crippen molar-refractivity contribution in [2.75, 3.05) is 32.8 Å². The van der Waals surface area contributed by atoms with Crippen LogP contribution < -0.4 is 5.32 Å². The average molecular weight is 362 g/mol. The van der Waals surface area contributed by atoms with Crippen LogP contribution in [0.1, 0.15) is 37.0 Å². The second kappa shape index (κ2) is 8.74. The molecule has 25 heavy (non-hydrogen) atoms. The third kappa shape index (κ3) is 4.37. The molecule has 0 saturated carbocycles. The number of rotatable bonds is 7. The number of hydrogen-bond donors (Lipinski definition) is 1. The van der Waals surface area contributed by atoms with Gasteiger partial charge in [0.05, 0.1) is 28.9 Å². The van der Waals surface area contributed by atoms with Gasteiger partial charge in [-0.2, -0.15) is 0 Å². The monoisotopic (exact) mass is 361 g/mol. The number of aromatic nitrogens is 1. The molecule has 2 aromatic rings. The highest BCUT2D eigenvalue weighted by Crippen LogP contribution is 2.21. The number of fused-ring (bicyclic) bond motifs is 1. The smallest absolute Gasteiger partial charge is 0.251 e. The van der Waals surface area contributed by atoms with E-state index in [-0.39, 0.29) is 5.91 Å². The lowest BCUT2D eigenvalue weighted by molar-refractivity contribution is 0.00191. The van der Waals surface area contributed by atoms with Crippen LogP contribution in [-0.2, 0) is 4.74 Å². The largest absolute Gasteiger partial charge is 0.379 e. The van der Waals surface area contributed by atoms with Crippen LogP contribution >= 0.6 is 11.3 Å². The molecule has 1 saturated heterocycles. The van der Waals surface area contributed by atoms with Gasteiger partial charge in [-0.25, -0.2) is 4.98 Å². The lowest BCUT2D eigenvalue weighted by Crippen LogP contribution is -2.52. The first-order valence-corrected chi connectivity index (χ1v) is 10.0. The highest BCUT2D eigenvalue weighted by molar-refractivity contribution is 7.16. The average Bonchev–Trinajstić information content (AvgIpc) is 3.13. The van der Waals surface area contributed by atoms with E-state index in [0.29, 0.717) is 24.1 Å². The second-order valence-corrected chi connectivity index (χ2v) is 7.42. The van der Waals surface area contributed by atoms with Gasteiger partial charge in [-0.3, -0.25) is 9.69 Å². The molecular weight excluding hydrogens is 334 g/mol. The zero-order chi connectivity index (χ0) is 17.6. The summed E-state index contributed by atoms with van der Waals surface area (Å²) in [6.07, 6.45) is 2.25. The van der Waals surface area contributed by atoms with Crippen LogP contribution in [-0.4, -0.2) is 54.7 Å². The van der Waals surface area contributed by atoms with Crippen molar-refractivity contribution in [3.63, 3.8) is 0 Å². The van der Waals surface area contributed by atoms with Gasteiger partial charge in [-0.1, -0.05) is 26.7 Å². The van der Waals surface area contributed by atoms with E-state index in [2.05, 4.69) is 29.0 Å². The maximum atomic E-state index is 12.6. The molecule has 5 nitrogen and oxygen atoms in total. The number of ether oxygens (including phenoxy) is 1. The van der Waals surface area contributed by atoms with E-state index in [0.717, 1.165) is 49.4 Å². The molecule has 1 unspecified atom stereocenters. The van der Waals surface area contributed by atoms with E-state index >= 15 is 0 Å². The Kier molecular flexibility index (Phi) is 6.39. The molecule has 1 aromatic heterocycles. The Morgan fingerprint density at radius 1 is 1.32 bits per heavy atom. The molecule has 1 aliphatic heterocycles. The van der Waals surface area contributed by atoms with Crippen molar-refractivity contribution >= 4 is 27.5 Å². The molecule has 0 radical (unpaired) electrons. The van der Waals surface area contributed by atoms with Crippen LogP contribution in [0.5, 0.6) is 0 Å². The summed E-state index contributed by atoms with van der Waals surface area (Å²) in [6.45, 7) is 8.63. The van der Waals surface area contributed by atoms with Crippen molar-refractivity contribution in [2.45, 2.75) is 32.7 Å². The molecule has 1 aliphatic rings. The Balaban J connectivity index is 1.67. The van der Waals surface area contributed by atoms with Gasteiger partial charge < -0.3 is 10.1 Å². The summed E-state index contributed by atoms with van der Waals surface area (Å²) in [4.78, 5) is 19.4. The van der Waals surface area contributed by atoms with Gasteiger partial charge in [0, 0.05) is 31.2 Å². The fraction of sp³-hybridized carbons (Fsp3) is 0.579. The van der Waals surface area contributed by atoms with Crippen molar-refractivity contribution in [1.29, 1.82) is 0 Å². The molecule has 0 spiro atoms. The van der Waals surface area contributed by atoms with Gasteiger partial charge in [-0.15, -0.1) is 11.3 Å². The van der Waals surface area contributed by atoms with Gasteiger partial charge in [0.2, 0.25) is 0 Å². The Hall–Kier alpha value is -1.50. The van der Waals surface area contributed by atoms with Gasteiger partial charge in [0.25, 0.3) is 5.91 Å². The Morgan fingerprint density at radius 2 is 2.08 bits per heavy atom. The summed E-state index contributed by atoms with van der Waals surface area (Å²) in [7, 11) is 0. The van der Waals surface area contributed by atoms with E-state index < -0.39 is 0 Å². The van der Waals surface area contributed by atoms with Crippen LogP contribution in [0.3, 0.4) is 0 Å². The first kappa shape index (κ1) is 18.3. The van der Waals surface area contributed by atoms with E-state index in [1.807, 2.05) is 23.7 Å². The molecule has 0 aliphatic carbocycles. The third-order valence-corrected chi connectivity index (χ3v) is 5.96. The van der Waals surface area contributed by atoms with E-state index in [9.17, 15) is 4.79 Å². The molecule has 2 heterocycles. The minimum absolute atomic E-state index is 0.000449. The highest BCUT2D eigenvalue weighted by atomic mass is 32.1. The number of thiazole rings is 1. The van der Waals surface area contributed by atoms with Crippen molar-refractivity contribution in [3.05, 3.63) is 29.3 Å². The first-order chi connectivity index (χ1) is 12.2. The molecule has 1 amide bonds. The zero-order valence-corrected chi connectivity index (χ0v) is 15.8. The third-order valence-electron chi connectivity index (χ3n) is 5.17. The maximum absolute atomic E-state index is 12.6. The minimum Gasteiger partial charge on any atom is -0.379 e. The highest BCUT2D eigenvalue weighted by Gasteiger charge is 2.27. The van der Waals surface area contributed by atoms with Crippen molar-refractivity contribution < 1.29 is 9.53 Å². The topological polar surface area (TPSA) is 54.5 Å². The summed E-state index contributed by atoms with van der Waals surface area (Å²) in [5.41, 5.74) is 3.47. The fourth-order valence-electron chi connectivity index (χ4n) is 3.63. The summed E-state index contributed by atoms with van der Waals surface area (Å²) >= 11 is 1.56. The summed E-state index contributed by atoms with van der Waals surface area (Å²) < 4.78 is 6.54. The van der Waals surface area contributed by atoms with Crippen molar-refractivity contribution in [2.24, 2.45) is 5.92 Å². The molecule has 6 heteroatoms. The predicted molar refractivity (Wildman–Crippen MR) is 102 cm³/mol. The van der Waals surface area contributed by atoms with Crippen LogP contribution in [0.4, 0.5) is 0 Å². The lowest BCUT2D eigenvalue weighted by Gasteiger charge is -2.38. The number of nitrogens with zero attached hydrogens (tertiary/aromatic N) is 2. The summed E-state index contributed by atoms with van der Waals surface area (Å²) in [6, 6.07) is 6.08. The molecule has 136 valence electrons. The molecule has 0 bridgehead atoms. The molecule has 1 N–H and O–H groups in total. The Labute approximate surface area is 153 Å². The quantitative estimate of drug-likeness (QED) is 0.823. The molecular formula is C19H27N3O2S. The van der Waals surface area contributed by atoms with E-state index in [4.69, 9.17) is 4.74 Å². The number of morpholine rings is 1. The fourth-order valence-corrected chi connectivity index (χ4v) is 4.35. The van der Waals surface area contributed by atoms with Gasteiger partial charge in [0.1, 0.15) is 0 Å². The number of hydrogen-bond acceptors (Lipinski definition) is 5. The van der Waals surface area contributed by atoms with Crippen molar-refractivity contribution in [3.8, 4) is 0 Å². The molecule has 3 rings (SSSR count). The van der Waals surface area contributed by atoms with Crippen LogP contribution in [0.25, 0.3) is 10.2 Å². The minimum atomic E-state index is -0.000449. The molecule has 1 atom stereocenters. The van der Waals surface area contributed by atoms with E-state index in [1.54, 1.807) is 11.3 Å². The summed E-state index contributed by atoms with van der Waals surface area (Å²) in [5, 5.41) is 3.17. The number of carbonyl (C=O) groups is 1. The number of nitrogens with one attached hydrogen (secondary N) is 1. The van der Waals surface area contributed by atoms with Gasteiger partial charge in [-0.05, 0) is 24.1 Å². The number of amides is 1. The number of carbonyl (C=O) groups excluding carboxylic acids is 1. The van der Waals surface area contributed by atoms with Gasteiger partial charge >= 0.3 is 0 Å². The van der Waals surface area contributed by atoms with E-state index in [1.165, 1.54) is 0 Å². The predicted octanol–water partition coefficient (Wildman–Crippen LogP) is 3.16. The zero-order valence-electron chi connectivity index (χ0n) is 15.0. The Bertz CT molecular complexity index is 693. The van der Waals surface area contributed by atoms with Crippen molar-refractivity contribution in [1.82, 2.24) is 15.2 Å². The van der Waals surface area contributed by atoms with Crippen LogP contribution in [0.15, 0.2) is 23.7 Å². The molecule has 1 fully saturated rings. The van der Waals surface area contributed by atoms with Gasteiger partial charge in [0.15, 0.2) is 0 Å². The standard InChI is InChI=1S/C19H27N3O2S/c1-3-14(4-2)17(22-7-9-24-10-8-22)12-20-19(23)15-5-6-16-18(11-15)25-13-21-16/h5-6,11,13-14,17H,3-4,7-10,12H2,1-2H3,(H,20,23). The molecule has 1 aromatic carbocycles. The SMILES string of the molecule is CCC(CC)C(CNC(=O)c1ccc2ncsc2c1)N1CCOCC1. The number of benzene rings is 1.